The summed E-state index contributed by atoms with van der Waals surface area (Å²) in [7, 11) is 1.76. The summed E-state index contributed by atoms with van der Waals surface area (Å²) in [5.74, 6) is 0.178. The van der Waals surface area contributed by atoms with E-state index in [2.05, 4.69) is 11.4 Å². The minimum absolute atomic E-state index is 0.0325. The summed E-state index contributed by atoms with van der Waals surface area (Å²) >= 11 is 1.69. The van der Waals surface area contributed by atoms with Crippen LogP contribution in [0.2, 0.25) is 0 Å². The van der Waals surface area contributed by atoms with Gasteiger partial charge in [-0.3, -0.25) is 10.1 Å². The predicted molar refractivity (Wildman–Crippen MR) is 70.4 cm³/mol. The van der Waals surface area contributed by atoms with Gasteiger partial charge in [-0.2, -0.15) is 0 Å². The van der Waals surface area contributed by atoms with Crippen LogP contribution in [-0.2, 0) is 9.53 Å². The first-order valence-electron chi connectivity index (χ1n) is 6.35. The summed E-state index contributed by atoms with van der Waals surface area (Å²) < 4.78 is 5.63. The zero-order valence-electron chi connectivity index (χ0n) is 10.5. The van der Waals surface area contributed by atoms with Crippen LogP contribution in [0.3, 0.4) is 0 Å². The SMILES string of the molecule is COC1(CN2C(=O)CNC2c2cccs2)CCC1. The summed E-state index contributed by atoms with van der Waals surface area (Å²) in [6.45, 7) is 1.14. The Balaban J connectivity index is 1.77. The van der Waals surface area contributed by atoms with E-state index in [1.54, 1.807) is 18.4 Å². The van der Waals surface area contributed by atoms with Gasteiger partial charge in [0.25, 0.3) is 0 Å². The van der Waals surface area contributed by atoms with Crippen molar-refractivity contribution in [3.8, 4) is 0 Å². The molecule has 1 N–H and O–H groups in total. The fraction of sp³-hybridized carbons (Fsp3) is 0.615. The molecule has 1 amide bonds. The minimum Gasteiger partial charge on any atom is -0.376 e. The molecular weight excluding hydrogens is 248 g/mol. The van der Waals surface area contributed by atoms with Gasteiger partial charge < -0.3 is 9.64 Å². The quantitative estimate of drug-likeness (QED) is 0.902. The van der Waals surface area contributed by atoms with Gasteiger partial charge in [0.1, 0.15) is 6.17 Å². The van der Waals surface area contributed by atoms with Crippen molar-refractivity contribution in [1.29, 1.82) is 0 Å². The molecule has 0 bridgehead atoms. The van der Waals surface area contributed by atoms with E-state index in [-0.39, 0.29) is 17.7 Å². The first-order valence-corrected chi connectivity index (χ1v) is 7.23. The van der Waals surface area contributed by atoms with E-state index in [4.69, 9.17) is 4.74 Å². The summed E-state index contributed by atoms with van der Waals surface area (Å²) in [6.07, 6.45) is 3.35. The van der Waals surface area contributed by atoms with Crippen LogP contribution >= 0.6 is 11.3 Å². The highest BCUT2D eigenvalue weighted by Crippen LogP contribution is 2.38. The molecule has 98 valence electrons. The third kappa shape index (κ3) is 1.96. The number of hydrogen-bond donors (Lipinski definition) is 1. The average molecular weight is 266 g/mol. The number of thiophene rings is 1. The van der Waals surface area contributed by atoms with Crippen molar-refractivity contribution in [2.45, 2.75) is 31.0 Å². The highest BCUT2D eigenvalue weighted by Gasteiger charge is 2.43. The Kier molecular flexibility index (Phi) is 3.13. The number of methoxy groups -OCH3 is 1. The molecule has 3 rings (SSSR count). The van der Waals surface area contributed by atoms with Crippen LogP contribution < -0.4 is 5.32 Å². The predicted octanol–water partition coefficient (Wildman–Crippen LogP) is 1.75. The van der Waals surface area contributed by atoms with Crippen LogP contribution in [0.15, 0.2) is 17.5 Å². The van der Waals surface area contributed by atoms with Crippen molar-refractivity contribution in [3.63, 3.8) is 0 Å². The summed E-state index contributed by atoms with van der Waals surface area (Å²) in [5.41, 5.74) is -0.100. The molecule has 1 unspecified atom stereocenters. The van der Waals surface area contributed by atoms with Crippen LogP contribution in [0.25, 0.3) is 0 Å². The van der Waals surface area contributed by atoms with Gasteiger partial charge in [-0.15, -0.1) is 11.3 Å². The van der Waals surface area contributed by atoms with Crippen LogP contribution in [0.1, 0.15) is 30.3 Å². The third-order valence-electron chi connectivity index (χ3n) is 4.05. The molecule has 1 aromatic heterocycles. The monoisotopic (exact) mass is 266 g/mol. The largest absolute Gasteiger partial charge is 0.376 e. The standard InChI is InChI=1S/C13H18N2O2S/c1-17-13(5-3-6-13)9-15-11(16)8-14-12(15)10-4-2-7-18-10/h2,4,7,12,14H,3,5-6,8-9H2,1H3. The molecule has 2 aliphatic rings. The van der Waals surface area contributed by atoms with Gasteiger partial charge in [0, 0.05) is 12.0 Å². The van der Waals surface area contributed by atoms with Gasteiger partial charge in [-0.25, -0.2) is 0 Å². The zero-order valence-corrected chi connectivity index (χ0v) is 11.3. The highest BCUT2D eigenvalue weighted by molar-refractivity contribution is 7.10. The molecule has 4 nitrogen and oxygen atoms in total. The molecule has 2 heterocycles. The Bertz CT molecular complexity index is 423. The van der Waals surface area contributed by atoms with Crippen molar-refractivity contribution >= 4 is 17.2 Å². The smallest absolute Gasteiger partial charge is 0.238 e. The molecule has 1 aromatic rings. The molecule has 0 aromatic carbocycles. The van der Waals surface area contributed by atoms with Gasteiger partial charge in [-0.05, 0) is 30.7 Å². The lowest BCUT2D eigenvalue weighted by Crippen LogP contribution is -2.50. The number of carbonyl (C=O) groups is 1. The molecular formula is C13H18N2O2S. The Hall–Kier alpha value is -0.910. The molecule has 1 aliphatic carbocycles. The number of ether oxygens (including phenoxy) is 1. The van der Waals surface area contributed by atoms with Crippen molar-refractivity contribution in [1.82, 2.24) is 10.2 Å². The highest BCUT2D eigenvalue weighted by atomic mass is 32.1. The second kappa shape index (κ2) is 4.64. The topological polar surface area (TPSA) is 41.6 Å². The van der Waals surface area contributed by atoms with Gasteiger partial charge in [0.15, 0.2) is 0 Å². The summed E-state index contributed by atoms with van der Waals surface area (Å²) in [6, 6.07) is 4.10. The van der Waals surface area contributed by atoms with E-state index in [0.717, 1.165) is 12.8 Å². The molecule has 1 saturated heterocycles. The zero-order chi connectivity index (χ0) is 12.6. The average Bonchev–Trinajstić information content (AvgIpc) is 2.94. The van der Waals surface area contributed by atoms with E-state index in [0.29, 0.717) is 13.1 Å². The van der Waals surface area contributed by atoms with Crippen LogP contribution in [0.4, 0.5) is 0 Å². The van der Waals surface area contributed by atoms with Gasteiger partial charge in [0.2, 0.25) is 5.91 Å². The normalized spacial score (nSPS) is 26.4. The number of hydrogen-bond acceptors (Lipinski definition) is 4. The number of rotatable bonds is 4. The van der Waals surface area contributed by atoms with E-state index in [1.165, 1.54) is 11.3 Å². The summed E-state index contributed by atoms with van der Waals surface area (Å²) in [5, 5.41) is 5.33. The second-order valence-corrected chi connectivity index (χ2v) is 6.04. The van der Waals surface area contributed by atoms with Gasteiger partial charge >= 0.3 is 0 Å². The molecule has 2 fully saturated rings. The van der Waals surface area contributed by atoms with Crippen molar-refractivity contribution in [3.05, 3.63) is 22.4 Å². The lowest BCUT2D eigenvalue weighted by Gasteiger charge is -2.43. The molecule has 0 spiro atoms. The molecule has 0 radical (unpaired) electrons. The van der Waals surface area contributed by atoms with E-state index in [1.807, 2.05) is 16.3 Å². The number of nitrogens with one attached hydrogen (secondary N) is 1. The van der Waals surface area contributed by atoms with Gasteiger partial charge in [0.05, 0.1) is 18.7 Å². The Labute approximate surface area is 111 Å². The fourth-order valence-electron chi connectivity index (χ4n) is 2.73. The maximum Gasteiger partial charge on any atom is 0.238 e. The second-order valence-electron chi connectivity index (χ2n) is 5.06. The molecule has 18 heavy (non-hydrogen) atoms. The third-order valence-corrected chi connectivity index (χ3v) is 4.97. The number of amides is 1. The van der Waals surface area contributed by atoms with Crippen molar-refractivity contribution in [2.75, 3.05) is 20.2 Å². The Morgan fingerprint density at radius 2 is 2.44 bits per heavy atom. The lowest BCUT2D eigenvalue weighted by atomic mass is 9.79. The minimum atomic E-state index is -0.100. The molecule has 1 atom stereocenters. The molecule has 1 aliphatic heterocycles. The van der Waals surface area contributed by atoms with Crippen molar-refractivity contribution < 1.29 is 9.53 Å². The Morgan fingerprint density at radius 3 is 3.00 bits per heavy atom. The maximum absolute atomic E-state index is 12.0. The molecule has 1 saturated carbocycles. The van der Waals surface area contributed by atoms with E-state index >= 15 is 0 Å². The van der Waals surface area contributed by atoms with Crippen LogP contribution in [0, 0.1) is 0 Å². The Morgan fingerprint density at radius 1 is 1.61 bits per heavy atom. The lowest BCUT2D eigenvalue weighted by molar-refractivity contribution is -0.138. The molecule has 5 heteroatoms. The fourth-order valence-corrected chi connectivity index (χ4v) is 3.54. The summed E-state index contributed by atoms with van der Waals surface area (Å²) in [4.78, 5) is 15.2. The first-order chi connectivity index (χ1) is 8.74. The van der Waals surface area contributed by atoms with Crippen LogP contribution in [0.5, 0.6) is 0 Å². The van der Waals surface area contributed by atoms with Crippen LogP contribution in [-0.4, -0.2) is 36.6 Å². The van der Waals surface area contributed by atoms with E-state index < -0.39 is 0 Å². The number of nitrogens with zero attached hydrogens (tertiary/aromatic N) is 1. The number of carbonyl (C=O) groups excluding carboxylic acids is 1. The maximum atomic E-state index is 12.0. The van der Waals surface area contributed by atoms with E-state index in [9.17, 15) is 4.79 Å². The van der Waals surface area contributed by atoms with Crippen molar-refractivity contribution in [2.24, 2.45) is 0 Å². The van der Waals surface area contributed by atoms with Gasteiger partial charge in [-0.1, -0.05) is 6.07 Å². The first kappa shape index (κ1) is 12.1.